The predicted octanol–water partition coefficient (Wildman–Crippen LogP) is 4.26. The van der Waals surface area contributed by atoms with Crippen LogP contribution in [0.5, 0.6) is 0 Å². The van der Waals surface area contributed by atoms with Crippen LogP contribution in [-0.2, 0) is 0 Å². The molecule has 2 aromatic carbocycles. The molecule has 2 heterocycles. The van der Waals surface area contributed by atoms with Gasteiger partial charge in [-0.3, -0.25) is 0 Å². The van der Waals surface area contributed by atoms with Crippen molar-refractivity contribution in [3.05, 3.63) is 66.2 Å². The summed E-state index contributed by atoms with van der Waals surface area (Å²) in [7, 11) is 0. The predicted molar refractivity (Wildman–Crippen MR) is 85.2 cm³/mol. The quantitative estimate of drug-likeness (QED) is 0.552. The van der Waals surface area contributed by atoms with E-state index in [0.29, 0.717) is 17.4 Å². The van der Waals surface area contributed by atoms with Gasteiger partial charge in [-0.15, -0.1) is 0 Å². The molecule has 22 heavy (non-hydrogen) atoms. The lowest BCUT2D eigenvalue weighted by molar-refractivity contribution is 0.431. The number of hydrogen-bond acceptors (Lipinski definition) is 4. The average molecular weight is 287 g/mol. The van der Waals surface area contributed by atoms with Crippen molar-refractivity contribution in [1.82, 2.24) is 15.1 Å². The molecule has 0 amide bonds. The number of fused-ring (bicyclic) bond motifs is 1. The van der Waals surface area contributed by atoms with E-state index >= 15 is 0 Å². The lowest BCUT2D eigenvalue weighted by atomic mass is 10.1. The second-order valence-corrected chi connectivity index (χ2v) is 5.13. The molecule has 0 N–H and O–H groups in total. The summed E-state index contributed by atoms with van der Waals surface area (Å²) in [5.41, 5.74) is 3.68. The van der Waals surface area contributed by atoms with E-state index in [2.05, 4.69) is 15.1 Å². The summed E-state index contributed by atoms with van der Waals surface area (Å²) in [4.78, 5) is 9.06. The van der Waals surface area contributed by atoms with Crippen molar-refractivity contribution in [2.75, 3.05) is 0 Å². The molecule has 0 fully saturated rings. The number of hydrogen-bond donors (Lipinski definition) is 0. The van der Waals surface area contributed by atoms with Crippen LogP contribution in [0.3, 0.4) is 0 Å². The van der Waals surface area contributed by atoms with Crippen molar-refractivity contribution in [3.63, 3.8) is 0 Å². The van der Waals surface area contributed by atoms with Crippen LogP contribution in [0.25, 0.3) is 33.9 Å². The normalized spacial score (nSPS) is 11.0. The third kappa shape index (κ3) is 2.15. The minimum absolute atomic E-state index is 0.434. The first-order valence-electron chi connectivity index (χ1n) is 7.07. The zero-order valence-electron chi connectivity index (χ0n) is 12.0. The maximum Gasteiger partial charge on any atom is 0.276 e. The van der Waals surface area contributed by atoms with Crippen LogP contribution in [0.4, 0.5) is 0 Å². The maximum atomic E-state index is 5.39. The topological polar surface area (TPSA) is 51.8 Å². The van der Waals surface area contributed by atoms with Crippen LogP contribution in [0.1, 0.15) is 5.56 Å². The van der Waals surface area contributed by atoms with Crippen molar-refractivity contribution < 1.29 is 4.52 Å². The van der Waals surface area contributed by atoms with Crippen molar-refractivity contribution in [1.29, 1.82) is 0 Å². The van der Waals surface area contributed by atoms with E-state index in [1.165, 1.54) is 0 Å². The summed E-state index contributed by atoms with van der Waals surface area (Å²) in [6.07, 6.45) is 0. The molecular weight excluding hydrogens is 274 g/mol. The van der Waals surface area contributed by atoms with Gasteiger partial charge in [0.15, 0.2) is 0 Å². The van der Waals surface area contributed by atoms with Crippen LogP contribution in [-0.4, -0.2) is 15.1 Å². The largest absolute Gasteiger partial charge is 0.332 e. The zero-order chi connectivity index (χ0) is 14.9. The fourth-order valence-corrected chi connectivity index (χ4v) is 2.45. The number of aromatic nitrogens is 3. The molecule has 4 heteroatoms. The Bertz CT molecular complexity index is 959. The van der Waals surface area contributed by atoms with E-state index in [1.54, 1.807) is 0 Å². The Morgan fingerprint density at radius 2 is 1.64 bits per heavy atom. The van der Waals surface area contributed by atoms with Gasteiger partial charge in [0.2, 0.25) is 5.82 Å². The third-order valence-electron chi connectivity index (χ3n) is 3.63. The van der Waals surface area contributed by atoms with Gasteiger partial charge in [-0.2, -0.15) is 4.98 Å². The van der Waals surface area contributed by atoms with Gasteiger partial charge in [-0.05, 0) is 24.6 Å². The molecular formula is C18H13N3O. The molecule has 106 valence electrons. The summed E-state index contributed by atoms with van der Waals surface area (Å²) in [6, 6.07) is 19.8. The number of rotatable bonds is 2. The second kappa shape index (κ2) is 5.07. The van der Waals surface area contributed by atoms with Crippen LogP contribution < -0.4 is 0 Å². The molecule has 4 rings (SSSR count). The molecule has 4 aromatic rings. The lowest BCUT2D eigenvalue weighted by Crippen LogP contribution is -1.87. The van der Waals surface area contributed by atoms with Gasteiger partial charge >= 0.3 is 0 Å². The molecule has 2 aromatic heterocycles. The van der Waals surface area contributed by atoms with Crippen LogP contribution in [0, 0.1) is 6.92 Å². The smallest absolute Gasteiger partial charge is 0.276 e. The summed E-state index contributed by atoms with van der Waals surface area (Å²) in [6.45, 7) is 2.03. The number of nitrogens with zero attached hydrogens (tertiary/aromatic N) is 3. The van der Waals surface area contributed by atoms with E-state index < -0.39 is 0 Å². The van der Waals surface area contributed by atoms with E-state index in [4.69, 9.17) is 4.52 Å². The summed E-state index contributed by atoms with van der Waals surface area (Å²) in [5.74, 6) is 1.02. The second-order valence-electron chi connectivity index (χ2n) is 5.13. The van der Waals surface area contributed by atoms with Crippen LogP contribution in [0.15, 0.2) is 65.2 Å². The van der Waals surface area contributed by atoms with Gasteiger partial charge in [-0.25, -0.2) is 4.98 Å². The summed E-state index contributed by atoms with van der Waals surface area (Å²) in [5, 5.41) is 5.17. The highest BCUT2D eigenvalue weighted by molar-refractivity contribution is 5.80. The monoisotopic (exact) mass is 287 g/mol. The third-order valence-corrected chi connectivity index (χ3v) is 3.63. The van der Waals surface area contributed by atoms with Gasteiger partial charge in [-0.1, -0.05) is 53.7 Å². The van der Waals surface area contributed by atoms with Gasteiger partial charge < -0.3 is 4.52 Å². The molecule has 0 saturated carbocycles. The molecule has 0 unspecified atom stereocenters. The molecule has 0 aliphatic rings. The first-order chi connectivity index (χ1) is 10.8. The molecule has 0 aliphatic heterocycles. The fraction of sp³-hybridized carbons (Fsp3) is 0.0556. The Morgan fingerprint density at radius 3 is 2.55 bits per heavy atom. The first-order valence-corrected chi connectivity index (χ1v) is 7.07. The zero-order valence-corrected chi connectivity index (χ0v) is 12.0. The molecule has 0 radical (unpaired) electrons. The van der Waals surface area contributed by atoms with Gasteiger partial charge in [0.05, 0.1) is 5.52 Å². The minimum Gasteiger partial charge on any atom is -0.332 e. The van der Waals surface area contributed by atoms with Crippen LogP contribution in [0.2, 0.25) is 0 Å². The number of aryl methyl sites for hydroxylation is 1. The number of benzene rings is 2. The maximum absolute atomic E-state index is 5.39. The van der Waals surface area contributed by atoms with E-state index in [-0.39, 0.29) is 0 Å². The Labute approximate surface area is 127 Å². The van der Waals surface area contributed by atoms with Crippen molar-refractivity contribution in [2.24, 2.45) is 0 Å². The Hall–Kier alpha value is -3.01. The number of para-hydroxylation sites is 1. The van der Waals surface area contributed by atoms with E-state index in [9.17, 15) is 0 Å². The lowest BCUT2D eigenvalue weighted by Gasteiger charge is -1.99. The highest BCUT2D eigenvalue weighted by Crippen LogP contribution is 2.24. The minimum atomic E-state index is 0.434. The molecule has 4 nitrogen and oxygen atoms in total. The highest BCUT2D eigenvalue weighted by atomic mass is 16.5. The van der Waals surface area contributed by atoms with Crippen molar-refractivity contribution in [3.8, 4) is 23.0 Å². The number of pyridine rings is 1. The van der Waals surface area contributed by atoms with E-state index in [1.807, 2.05) is 67.6 Å². The Morgan fingerprint density at radius 1 is 0.818 bits per heavy atom. The standard InChI is InChI=1S/C18H13N3O/c1-12-6-2-4-8-14(12)17-20-18(22-21-17)16-11-10-13-7-3-5-9-15(13)19-16/h2-11H,1H3. The SMILES string of the molecule is Cc1ccccc1-c1noc(-c2ccc3ccccc3n2)n1. The summed E-state index contributed by atoms with van der Waals surface area (Å²) < 4.78 is 5.39. The Balaban J connectivity index is 1.78. The Kier molecular flexibility index (Phi) is 2.93. The fourth-order valence-electron chi connectivity index (χ4n) is 2.45. The molecule has 0 spiro atoms. The van der Waals surface area contributed by atoms with Crippen molar-refractivity contribution in [2.45, 2.75) is 6.92 Å². The highest BCUT2D eigenvalue weighted by Gasteiger charge is 2.13. The molecule has 0 bridgehead atoms. The molecule has 0 saturated heterocycles. The average Bonchev–Trinajstić information content (AvgIpc) is 3.04. The summed E-state index contributed by atoms with van der Waals surface area (Å²) >= 11 is 0. The van der Waals surface area contributed by atoms with Crippen molar-refractivity contribution >= 4 is 10.9 Å². The first kappa shape index (κ1) is 12.7. The van der Waals surface area contributed by atoms with E-state index in [0.717, 1.165) is 22.0 Å². The van der Waals surface area contributed by atoms with Gasteiger partial charge in [0.25, 0.3) is 5.89 Å². The van der Waals surface area contributed by atoms with Gasteiger partial charge in [0.1, 0.15) is 5.69 Å². The molecule has 0 atom stereocenters. The van der Waals surface area contributed by atoms with Crippen LogP contribution >= 0.6 is 0 Å². The molecule has 0 aliphatic carbocycles. The van der Waals surface area contributed by atoms with Gasteiger partial charge in [0, 0.05) is 10.9 Å².